The van der Waals surface area contributed by atoms with Crippen LogP contribution in [0.2, 0.25) is 0 Å². The largest absolute Gasteiger partial charge is 0.471 e. The summed E-state index contributed by atoms with van der Waals surface area (Å²) in [5.74, 6) is -2.23. The number of nitrogens with zero attached hydrogens (tertiary/aromatic N) is 1. The number of carbonyl (C=O) groups excluding carboxylic acids is 2. The second-order valence-corrected chi connectivity index (χ2v) is 6.59. The van der Waals surface area contributed by atoms with E-state index in [-0.39, 0.29) is 31.2 Å². The molecule has 0 aromatic heterocycles. The average Bonchev–Trinajstić information content (AvgIpc) is 2.70. The number of nitrogens with one attached hydrogen (secondary N) is 1. The van der Waals surface area contributed by atoms with Crippen molar-refractivity contribution in [2.75, 3.05) is 11.9 Å². The summed E-state index contributed by atoms with van der Waals surface area (Å²) in [5.41, 5.74) is 1.57. The van der Waals surface area contributed by atoms with E-state index in [4.69, 9.17) is 0 Å². The second kappa shape index (κ2) is 10.7. The molecule has 0 aliphatic rings. The maximum Gasteiger partial charge on any atom is 0.471 e. The Kier molecular flexibility index (Phi) is 8.35. The molecule has 2 amide bonds. The smallest absolute Gasteiger partial charge is 0.435 e. The highest BCUT2D eigenvalue weighted by Gasteiger charge is 2.41. The lowest BCUT2D eigenvalue weighted by atomic mass is 10.1. The van der Waals surface area contributed by atoms with Crippen LogP contribution in [-0.2, 0) is 22.6 Å². The highest BCUT2D eigenvalue weighted by Crippen LogP contribution is 2.21. The Hall–Kier alpha value is -3.17. The van der Waals surface area contributed by atoms with E-state index in [1.165, 1.54) is 25.1 Å². The van der Waals surface area contributed by atoms with Crippen LogP contribution in [0.5, 0.6) is 5.75 Å². The predicted octanol–water partition coefficient (Wildman–Crippen LogP) is 4.77. The van der Waals surface area contributed by atoms with Crippen LogP contribution in [0.1, 0.15) is 24.5 Å². The van der Waals surface area contributed by atoms with Crippen molar-refractivity contribution in [1.82, 2.24) is 4.90 Å². The third-order valence-corrected chi connectivity index (χ3v) is 4.28. The average molecular weight is 444 g/mol. The van der Waals surface area contributed by atoms with Crippen LogP contribution in [0, 0.1) is 0 Å². The number of halogens is 5. The molecule has 2 rings (SSSR count). The summed E-state index contributed by atoms with van der Waals surface area (Å²) >= 11 is 0. The standard InChI is InChI=1S/C21H21F5N2O3/c1-2-28(19(30)21(24,25)26)13-15-4-3-5-16(12-15)27-18(29)11-8-14-6-9-17(10-7-14)31-20(22)23/h3-7,9-10,12,20H,2,8,11,13H2,1H3,(H,27,29). The van der Waals surface area contributed by atoms with Gasteiger partial charge in [-0.15, -0.1) is 0 Å². The van der Waals surface area contributed by atoms with Gasteiger partial charge in [0, 0.05) is 25.2 Å². The first-order chi connectivity index (χ1) is 14.6. The van der Waals surface area contributed by atoms with E-state index >= 15 is 0 Å². The van der Waals surface area contributed by atoms with Crippen molar-refractivity contribution in [3.63, 3.8) is 0 Å². The summed E-state index contributed by atoms with van der Waals surface area (Å²) < 4.78 is 66.5. The first-order valence-corrected chi connectivity index (χ1v) is 9.37. The van der Waals surface area contributed by atoms with Crippen LogP contribution in [0.25, 0.3) is 0 Å². The monoisotopic (exact) mass is 444 g/mol. The fraction of sp³-hybridized carbons (Fsp3) is 0.333. The third kappa shape index (κ3) is 7.88. The van der Waals surface area contributed by atoms with Crippen molar-refractivity contribution >= 4 is 17.5 Å². The Morgan fingerprint density at radius 3 is 2.32 bits per heavy atom. The van der Waals surface area contributed by atoms with Gasteiger partial charge in [-0.1, -0.05) is 24.3 Å². The van der Waals surface area contributed by atoms with Crippen LogP contribution in [0.3, 0.4) is 0 Å². The summed E-state index contributed by atoms with van der Waals surface area (Å²) in [7, 11) is 0. The number of alkyl halides is 5. The molecule has 0 bridgehead atoms. The van der Waals surface area contributed by atoms with E-state index in [2.05, 4.69) is 10.1 Å². The first kappa shape index (κ1) is 24.1. The zero-order valence-corrected chi connectivity index (χ0v) is 16.6. The van der Waals surface area contributed by atoms with Gasteiger partial charge in [0.05, 0.1) is 0 Å². The number of benzene rings is 2. The van der Waals surface area contributed by atoms with Gasteiger partial charge in [0.2, 0.25) is 5.91 Å². The molecule has 0 unspecified atom stereocenters. The summed E-state index contributed by atoms with van der Waals surface area (Å²) in [6.07, 6.45) is -4.50. The molecule has 0 fully saturated rings. The zero-order valence-electron chi connectivity index (χ0n) is 16.6. The number of carbonyl (C=O) groups is 2. The minimum atomic E-state index is -4.95. The van der Waals surface area contributed by atoms with Gasteiger partial charge in [-0.05, 0) is 48.7 Å². The minimum absolute atomic E-state index is 0.0187. The van der Waals surface area contributed by atoms with Gasteiger partial charge < -0.3 is 15.0 Å². The van der Waals surface area contributed by atoms with Gasteiger partial charge in [-0.3, -0.25) is 9.59 Å². The summed E-state index contributed by atoms with van der Waals surface area (Å²) in [4.78, 5) is 24.3. The summed E-state index contributed by atoms with van der Waals surface area (Å²) in [6.45, 7) is -1.83. The Morgan fingerprint density at radius 2 is 1.74 bits per heavy atom. The summed E-state index contributed by atoms with van der Waals surface area (Å²) in [6, 6.07) is 12.1. The van der Waals surface area contributed by atoms with Gasteiger partial charge in [-0.25, -0.2) is 0 Å². The lowest BCUT2D eigenvalue weighted by Crippen LogP contribution is -2.40. The number of rotatable bonds is 9. The van der Waals surface area contributed by atoms with Crippen LogP contribution >= 0.6 is 0 Å². The van der Waals surface area contributed by atoms with E-state index in [1.54, 1.807) is 30.3 Å². The molecule has 0 aliphatic carbocycles. The van der Waals surface area contributed by atoms with E-state index in [0.29, 0.717) is 22.6 Å². The molecular formula is C21H21F5N2O3. The molecular weight excluding hydrogens is 423 g/mol. The van der Waals surface area contributed by atoms with Crippen LogP contribution in [0.4, 0.5) is 27.6 Å². The molecule has 0 heterocycles. The zero-order chi connectivity index (χ0) is 23.0. The number of aryl methyl sites for hydroxylation is 1. The second-order valence-electron chi connectivity index (χ2n) is 6.59. The molecule has 0 saturated carbocycles. The van der Waals surface area contributed by atoms with Crippen molar-refractivity contribution in [3.05, 3.63) is 59.7 Å². The van der Waals surface area contributed by atoms with Crippen LogP contribution in [-0.4, -0.2) is 36.0 Å². The van der Waals surface area contributed by atoms with Crippen molar-refractivity contribution in [2.45, 2.75) is 39.1 Å². The van der Waals surface area contributed by atoms with Gasteiger partial charge >= 0.3 is 18.7 Å². The maximum atomic E-state index is 12.7. The van der Waals surface area contributed by atoms with Crippen molar-refractivity contribution in [3.8, 4) is 5.75 Å². The van der Waals surface area contributed by atoms with Gasteiger partial charge in [0.1, 0.15) is 5.75 Å². The lowest BCUT2D eigenvalue weighted by Gasteiger charge is -2.22. The number of ether oxygens (including phenoxy) is 1. The maximum absolute atomic E-state index is 12.7. The van der Waals surface area contributed by atoms with Crippen molar-refractivity contribution in [1.29, 1.82) is 0 Å². The fourth-order valence-corrected chi connectivity index (χ4v) is 2.79. The summed E-state index contributed by atoms with van der Waals surface area (Å²) in [5, 5.41) is 2.65. The molecule has 168 valence electrons. The quantitative estimate of drug-likeness (QED) is 0.567. The molecule has 1 N–H and O–H groups in total. The SMILES string of the molecule is CCN(Cc1cccc(NC(=O)CCc2ccc(OC(F)F)cc2)c1)C(=O)C(F)(F)F. The molecule has 2 aromatic carbocycles. The van der Waals surface area contributed by atoms with Crippen LogP contribution in [0.15, 0.2) is 48.5 Å². The number of anilines is 1. The van der Waals surface area contributed by atoms with E-state index in [1.807, 2.05) is 0 Å². The molecule has 0 radical (unpaired) electrons. The minimum Gasteiger partial charge on any atom is -0.435 e. The molecule has 0 atom stereocenters. The molecule has 31 heavy (non-hydrogen) atoms. The Bertz CT molecular complexity index is 885. The molecule has 2 aromatic rings. The fourth-order valence-electron chi connectivity index (χ4n) is 2.79. The molecule has 10 heteroatoms. The number of amides is 2. The first-order valence-electron chi connectivity index (χ1n) is 9.37. The van der Waals surface area contributed by atoms with E-state index in [0.717, 1.165) is 5.56 Å². The predicted molar refractivity (Wildman–Crippen MR) is 104 cm³/mol. The number of hydrogen-bond acceptors (Lipinski definition) is 3. The number of hydrogen-bond donors (Lipinski definition) is 1. The van der Waals surface area contributed by atoms with Gasteiger partial charge in [0.25, 0.3) is 0 Å². The third-order valence-electron chi connectivity index (χ3n) is 4.28. The van der Waals surface area contributed by atoms with Gasteiger partial charge in [-0.2, -0.15) is 22.0 Å². The Morgan fingerprint density at radius 1 is 1.06 bits per heavy atom. The normalized spacial score (nSPS) is 11.3. The van der Waals surface area contributed by atoms with Crippen molar-refractivity contribution in [2.24, 2.45) is 0 Å². The van der Waals surface area contributed by atoms with Crippen molar-refractivity contribution < 1.29 is 36.3 Å². The molecule has 5 nitrogen and oxygen atoms in total. The Labute approximate surface area is 175 Å². The molecule has 0 aliphatic heterocycles. The van der Waals surface area contributed by atoms with Gasteiger partial charge in [0.15, 0.2) is 0 Å². The van der Waals surface area contributed by atoms with E-state index in [9.17, 15) is 31.5 Å². The molecule has 0 saturated heterocycles. The highest BCUT2D eigenvalue weighted by molar-refractivity contribution is 5.91. The Balaban J connectivity index is 1.91. The topological polar surface area (TPSA) is 58.6 Å². The molecule has 0 spiro atoms. The van der Waals surface area contributed by atoms with Crippen LogP contribution < -0.4 is 10.1 Å². The van der Waals surface area contributed by atoms with E-state index < -0.39 is 18.7 Å². The lowest BCUT2D eigenvalue weighted by molar-refractivity contribution is -0.185. The highest BCUT2D eigenvalue weighted by atomic mass is 19.4.